The molecule has 0 aliphatic heterocycles. The van der Waals surface area contributed by atoms with Gasteiger partial charge in [0.2, 0.25) is 0 Å². The summed E-state index contributed by atoms with van der Waals surface area (Å²) in [5.41, 5.74) is 0.585. The molecule has 1 rings (SSSR count). The van der Waals surface area contributed by atoms with Gasteiger partial charge in [-0.05, 0) is 47.1 Å². The molecule has 1 amide bonds. The van der Waals surface area contributed by atoms with Crippen LogP contribution in [0.15, 0.2) is 12.1 Å². The second-order valence-corrected chi connectivity index (χ2v) is 6.43. The van der Waals surface area contributed by atoms with Gasteiger partial charge in [0.15, 0.2) is 11.5 Å². The molecule has 0 saturated heterocycles. The van der Waals surface area contributed by atoms with E-state index in [0.717, 1.165) is 16.6 Å². The van der Waals surface area contributed by atoms with Crippen molar-refractivity contribution in [2.45, 2.75) is 20.3 Å². The first-order valence-corrected chi connectivity index (χ1v) is 8.35. The number of nitrogens with one attached hydrogen (secondary N) is 1. The van der Waals surface area contributed by atoms with Crippen LogP contribution in [0.25, 0.3) is 0 Å². The zero-order valence-corrected chi connectivity index (χ0v) is 15.7. The van der Waals surface area contributed by atoms with Crippen LogP contribution >= 0.6 is 22.6 Å². The van der Waals surface area contributed by atoms with Gasteiger partial charge in [-0.3, -0.25) is 4.79 Å². The van der Waals surface area contributed by atoms with Crippen molar-refractivity contribution in [2.75, 3.05) is 34.0 Å². The predicted molar refractivity (Wildman–Crippen MR) is 94.9 cm³/mol. The van der Waals surface area contributed by atoms with Crippen LogP contribution in [0.4, 0.5) is 0 Å². The van der Waals surface area contributed by atoms with Gasteiger partial charge in [-0.25, -0.2) is 0 Å². The third-order valence-corrected chi connectivity index (χ3v) is 3.81. The van der Waals surface area contributed by atoms with Gasteiger partial charge in [-0.15, -0.1) is 0 Å². The monoisotopic (exact) mass is 421 g/mol. The number of carbonyl (C=O) groups is 1. The minimum absolute atomic E-state index is 0.116. The van der Waals surface area contributed by atoms with Crippen molar-refractivity contribution in [1.29, 1.82) is 0 Å². The molecule has 6 heteroatoms. The summed E-state index contributed by atoms with van der Waals surface area (Å²) in [6, 6.07) is 3.49. The SMILES string of the molecule is COc1cc(I)c(C(=O)NCCCOCC(C)C)cc1OC. The molecule has 0 fully saturated rings. The highest BCUT2D eigenvalue weighted by molar-refractivity contribution is 14.1. The zero-order valence-electron chi connectivity index (χ0n) is 13.6. The molecule has 0 aromatic heterocycles. The van der Waals surface area contributed by atoms with Crippen molar-refractivity contribution in [2.24, 2.45) is 5.92 Å². The molecule has 0 heterocycles. The number of hydrogen-bond donors (Lipinski definition) is 1. The molecule has 0 aliphatic rings. The number of ether oxygens (including phenoxy) is 3. The third kappa shape index (κ3) is 6.00. The lowest BCUT2D eigenvalue weighted by Crippen LogP contribution is -2.26. The predicted octanol–water partition coefficient (Wildman–Crippen LogP) is 3.10. The molecular formula is C16H24INO4. The van der Waals surface area contributed by atoms with Gasteiger partial charge in [-0.2, -0.15) is 0 Å². The van der Waals surface area contributed by atoms with Gasteiger partial charge >= 0.3 is 0 Å². The van der Waals surface area contributed by atoms with E-state index in [2.05, 4.69) is 41.8 Å². The Morgan fingerprint density at radius 1 is 1.23 bits per heavy atom. The standard InChI is InChI=1S/C16H24INO4/c1-11(2)10-22-7-5-6-18-16(19)12-8-14(20-3)15(21-4)9-13(12)17/h8-9,11H,5-7,10H2,1-4H3,(H,18,19). The van der Waals surface area contributed by atoms with E-state index in [-0.39, 0.29) is 5.91 Å². The quantitative estimate of drug-likeness (QED) is 0.492. The van der Waals surface area contributed by atoms with Crippen molar-refractivity contribution in [3.63, 3.8) is 0 Å². The van der Waals surface area contributed by atoms with Crippen LogP contribution in [-0.4, -0.2) is 39.9 Å². The molecule has 0 aliphatic carbocycles. The summed E-state index contributed by atoms with van der Waals surface area (Å²) < 4.78 is 16.8. The molecule has 0 bridgehead atoms. The zero-order chi connectivity index (χ0) is 16.5. The molecule has 22 heavy (non-hydrogen) atoms. The van der Waals surface area contributed by atoms with Gasteiger partial charge in [-0.1, -0.05) is 13.8 Å². The van der Waals surface area contributed by atoms with E-state index in [4.69, 9.17) is 14.2 Å². The Morgan fingerprint density at radius 2 is 1.86 bits per heavy atom. The second kappa shape index (κ2) is 9.89. The first-order chi connectivity index (χ1) is 10.5. The molecule has 0 saturated carbocycles. The Morgan fingerprint density at radius 3 is 2.45 bits per heavy atom. The Bertz CT molecular complexity index is 491. The van der Waals surface area contributed by atoms with E-state index in [1.165, 1.54) is 0 Å². The van der Waals surface area contributed by atoms with Crippen LogP contribution in [-0.2, 0) is 4.74 Å². The summed E-state index contributed by atoms with van der Waals surface area (Å²) >= 11 is 2.12. The fourth-order valence-electron chi connectivity index (χ4n) is 1.82. The van der Waals surface area contributed by atoms with Crippen LogP contribution in [0.1, 0.15) is 30.6 Å². The van der Waals surface area contributed by atoms with Crippen molar-refractivity contribution < 1.29 is 19.0 Å². The highest BCUT2D eigenvalue weighted by Gasteiger charge is 2.15. The average molecular weight is 421 g/mol. The molecule has 0 unspecified atom stereocenters. The summed E-state index contributed by atoms with van der Waals surface area (Å²) in [5, 5.41) is 2.90. The minimum Gasteiger partial charge on any atom is -0.493 e. The van der Waals surface area contributed by atoms with E-state index in [1.807, 2.05) is 0 Å². The number of carbonyl (C=O) groups excluding carboxylic acids is 1. The summed E-state index contributed by atoms with van der Waals surface area (Å²) in [5.74, 6) is 1.58. The molecule has 0 spiro atoms. The molecule has 1 aromatic rings. The number of benzene rings is 1. The maximum Gasteiger partial charge on any atom is 0.252 e. The van der Waals surface area contributed by atoms with Crippen LogP contribution in [0.5, 0.6) is 11.5 Å². The highest BCUT2D eigenvalue weighted by atomic mass is 127. The van der Waals surface area contributed by atoms with E-state index in [1.54, 1.807) is 26.4 Å². The number of hydrogen-bond acceptors (Lipinski definition) is 4. The van der Waals surface area contributed by atoms with Crippen molar-refractivity contribution >= 4 is 28.5 Å². The summed E-state index contributed by atoms with van der Waals surface area (Å²) in [7, 11) is 3.13. The summed E-state index contributed by atoms with van der Waals surface area (Å²) in [6.07, 6.45) is 0.794. The normalized spacial score (nSPS) is 10.6. The van der Waals surface area contributed by atoms with Gasteiger partial charge in [0.25, 0.3) is 5.91 Å². The van der Waals surface area contributed by atoms with E-state index in [9.17, 15) is 4.79 Å². The van der Waals surface area contributed by atoms with Gasteiger partial charge < -0.3 is 19.5 Å². The molecule has 124 valence electrons. The lowest BCUT2D eigenvalue weighted by molar-refractivity contribution is 0.0924. The number of methoxy groups -OCH3 is 2. The van der Waals surface area contributed by atoms with Crippen molar-refractivity contribution in [1.82, 2.24) is 5.32 Å². The van der Waals surface area contributed by atoms with Gasteiger partial charge in [0.05, 0.1) is 19.8 Å². The van der Waals surface area contributed by atoms with Crippen molar-refractivity contribution in [3.8, 4) is 11.5 Å². The van der Waals surface area contributed by atoms with E-state index in [0.29, 0.717) is 36.1 Å². The Balaban J connectivity index is 2.52. The molecule has 1 N–H and O–H groups in total. The first kappa shape index (κ1) is 19.0. The Hall–Kier alpha value is -1.02. The first-order valence-electron chi connectivity index (χ1n) is 7.27. The molecule has 0 atom stereocenters. The van der Waals surface area contributed by atoms with Crippen LogP contribution in [0.3, 0.4) is 0 Å². The van der Waals surface area contributed by atoms with Gasteiger partial charge in [0, 0.05) is 23.3 Å². The van der Waals surface area contributed by atoms with Crippen molar-refractivity contribution in [3.05, 3.63) is 21.3 Å². The molecular weight excluding hydrogens is 397 g/mol. The Kier molecular flexibility index (Phi) is 8.55. The molecule has 5 nitrogen and oxygen atoms in total. The smallest absolute Gasteiger partial charge is 0.252 e. The van der Waals surface area contributed by atoms with Crippen LogP contribution in [0.2, 0.25) is 0 Å². The van der Waals surface area contributed by atoms with Gasteiger partial charge in [0.1, 0.15) is 0 Å². The fraction of sp³-hybridized carbons (Fsp3) is 0.562. The topological polar surface area (TPSA) is 56.8 Å². The highest BCUT2D eigenvalue weighted by Crippen LogP contribution is 2.31. The summed E-state index contributed by atoms with van der Waals surface area (Å²) in [6.45, 7) is 6.21. The maximum atomic E-state index is 12.2. The second-order valence-electron chi connectivity index (χ2n) is 5.27. The molecule has 0 radical (unpaired) electrons. The third-order valence-electron chi connectivity index (χ3n) is 2.92. The fourth-order valence-corrected chi connectivity index (χ4v) is 2.50. The largest absolute Gasteiger partial charge is 0.493 e. The van der Waals surface area contributed by atoms with Crippen LogP contribution in [0, 0.1) is 9.49 Å². The Labute approximate surface area is 145 Å². The average Bonchev–Trinajstić information content (AvgIpc) is 2.49. The number of amides is 1. The molecule has 1 aromatic carbocycles. The van der Waals surface area contributed by atoms with Crippen LogP contribution < -0.4 is 14.8 Å². The lowest BCUT2D eigenvalue weighted by Gasteiger charge is -2.12. The van der Waals surface area contributed by atoms with E-state index >= 15 is 0 Å². The lowest BCUT2D eigenvalue weighted by atomic mass is 10.2. The summed E-state index contributed by atoms with van der Waals surface area (Å²) in [4.78, 5) is 12.2. The van der Waals surface area contributed by atoms with E-state index < -0.39 is 0 Å². The maximum absolute atomic E-state index is 12.2. The minimum atomic E-state index is -0.116. The number of halogens is 1. The number of rotatable bonds is 9.